The maximum absolute atomic E-state index is 2.59. The number of hydrogen-bond donors (Lipinski definition) is 0. The summed E-state index contributed by atoms with van der Waals surface area (Å²) in [6.45, 7) is 2.65. The Morgan fingerprint density at radius 2 is 0.653 bits per heavy atom. The van der Waals surface area contributed by atoms with Crippen LogP contribution in [0.15, 0.2) is 152 Å². The van der Waals surface area contributed by atoms with Gasteiger partial charge in [0, 0.05) is 35.8 Å². The molecule has 0 radical (unpaired) electrons. The van der Waals surface area contributed by atoms with E-state index in [0.717, 1.165) is 13.1 Å². The van der Waals surface area contributed by atoms with Crippen molar-refractivity contribution in [2.45, 2.75) is 12.6 Å². The monoisotopic (exact) mass is 624 g/mol. The molecule has 11 rings (SSSR count). The zero-order valence-corrected chi connectivity index (χ0v) is 27.2. The molecular formula is C46H33BN2. The van der Waals surface area contributed by atoms with E-state index in [1.807, 2.05) is 0 Å². The molecule has 2 aliphatic heterocycles. The van der Waals surface area contributed by atoms with Gasteiger partial charge >= 0.3 is 0 Å². The molecule has 9 aromatic rings. The molecule has 0 unspecified atom stereocenters. The minimum atomic E-state index is 0.578. The molecule has 0 saturated carbocycles. The van der Waals surface area contributed by atoms with Gasteiger partial charge in [-0.1, -0.05) is 128 Å². The van der Waals surface area contributed by atoms with Crippen molar-refractivity contribution in [3.63, 3.8) is 0 Å². The molecule has 3 heteroatoms. The lowest BCUT2D eigenvalue weighted by Crippen LogP contribution is -2.49. The fraction of sp³-hybridized carbons (Fsp3) is 0.0870. The fourth-order valence-electron chi connectivity index (χ4n) is 9.34. The van der Waals surface area contributed by atoms with Crippen LogP contribution < -0.4 is 15.3 Å². The van der Waals surface area contributed by atoms with Gasteiger partial charge in [-0.05, 0) is 106 Å². The Bertz CT molecular complexity index is 2560. The van der Waals surface area contributed by atoms with Gasteiger partial charge in [-0.2, -0.15) is 0 Å². The van der Waals surface area contributed by atoms with Gasteiger partial charge in [-0.3, -0.25) is 0 Å². The molecule has 0 aliphatic carbocycles. The lowest BCUT2D eigenvalue weighted by Gasteiger charge is -2.42. The SMILES string of the molecule is c1cc2c3c(c1)N(c1ccc4c5ccccc5c5ccccc5c4c1)CCB3CCN2c1ccc2c3ccccc3c3ccccc3c2c1. The van der Waals surface area contributed by atoms with Crippen molar-refractivity contribution in [3.8, 4) is 0 Å². The van der Waals surface area contributed by atoms with Crippen LogP contribution in [0.5, 0.6) is 0 Å². The van der Waals surface area contributed by atoms with Gasteiger partial charge in [0.2, 0.25) is 0 Å². The van der Waals surface area contributed by atoms with Crippen LogP contribution in [-0.4, -0.2) is 19.8 Å². The normalized spacial score (nSPS) is 14.5. The Labute approximate surface area is 285 Å². The number of fused-ring (bicyclic) bond motifs is 12. The molecule has 0 atom stereocenters. The lowest BCUT2D eigenvalue weighted by molar-refractivity contribution is 0.944. The Balaban J connectivity index is 1.06. The highest BCUT2D eigenvalue weighted by Crippen LogP contribution is 2.43. The number of hydrogen-bond acceptors (Lipinski definition) is 2. The summed E-state index contributed by atoms with van der Waals surface area (Å²) < 4.78 is 0. The van der Waals surface area contributed by atoms with E-state index in [4.69, 9.17) is 0 Å². The summed E-state index contributed by atoms with van der Waals surface area (Å²) in [5.74, 6) is 0. The van der Waals surface area contributed by atoms with Crippen LogP contribution in [0.3, 0.4) is 0 Å². The molecule has 0 spiro atoms. The van der Waals surface area contributed by atoms with Crippen molar-refractivity contribution in [1.29, 1.82) is 0 Å². The van der Waals surface area contributed by atoms with E-state index in [1.54, 1.807) is 0 Å². The maximum atomic E-state index is 2.59. The molecule has 2 heterocycles. The molecule has 0 bridgehead atoms. The largest absolute Gasteiger partial charge is 0.343 e. The highest BCUT2D eigenvalue weighted by atomic mass is 15.2. The first kappa shape index (κ1) is 27.2. The van der Waals surface area contributed by atoms with E-state index < -0.39 is 0 Å². The van der Waals surface area contributed by atoms with Crippen molar-refractivity contribution in [2.24, 2.45) is 0 Å². The highest BCUT2D eigenvalue weighted by Gasteiger charge is 2.36. The summed E-state index contributed by atoms with van der Waals surface area (Å²) in [6, 6.07) is 56.8. The third kappa shape index (κ3) is 3.90. The number of anilines is 4. The van der Waals surface area contributed by atoms with E-state index in [0.29, 0.717) is 6.71 Å². The third-order valence-electron chi connectivity index (χ3n) is 11.5. The average Bonchev–Trinajstić information content (AvgIpc) is 3.18. The van der Waals surface area contributed by atoms with Gasteiger partial charge < -0.3 is 9.80 Å². The van der Waals surface area contributed by atoms with E-state index >= 15 is 0 Å². The summed E-state index contributed by atoms with van der Waals surface area (Å²) in [4.78, 5) is 5.17. The molecule has 0 N–H and O–H groups in total. The quantitative estimate of drug-likeness (QED) is 0.139. The zero-order valence-electron chi connectivity index (χ0n) is 27.2. The molecular weight excluding hydrogens is 591 g/mol. The molecule has 230 valence electrons. The molecule has 49 heavy (non-hydrogen) atoms. The Hall–Kier alpha value is -5.80. The minimum Gasteiger partial charge on any atom is -0.343 e. The van der Waals surface area contributed by atoms with Crippen LogP contribution in [0, 0.1) is 0 Å². The number of rotatable bonds is 2. The first-order chi connectivity index (χ1) is 24.3. The van der Waals surface area contributed by atoms with Crippen LogP contribution in [0.2, 0.25) is 12.6 Å². The minimum absolute atomic E-state index is 0.578. The predicted molar refractivity (Wildman–Crippen MR) is 213 cm³/mol. The van der Waals surface area contributed by atoms with E-state index in [-0.39, 0.29) is 0 Å². The topological polar surface area (TPSA) is 6.48 Å². The standard InChI is InChI=1S/C46H33BN2/c1-3-14-36-32(10-1)34-12-5-7-16-38(34)42-28-30(20-22-40(36)42)48-26-24-47-25-27-49(45-19-9-18-44(48)46(45)47)31-21-23-41-37-15-4-2-11-33(37)35-13-6-8-17-39(35)43(41)29-31/h1-23,28-29H,24-27H2. The van der Waals surface area contributed by atoms with Gasteiger partial charge in [0.15, 0.2) is 6.71 Å². The van der Waals surface area contributed by atoms with Crippen molar-refractivity contribution in [2.75, 3.05) is 22.9 Å². The lowest BCUT2D eigenvalue weighted by atomic mass is 9.37. The summed E-state index contributed by atoms with van der Waals surface area (Å²) in [7, 11) is 0. The molecule has 0 aromatic heterocycles. The Morgan fingerprint density at radius 3 is 1.02 bits per heavy atom. The van der Waals surface area contributed by atoms with Crippen LogP contribution in [0.1, 0.15) is 0 Å². The fourth-order valence-corrected chi connectivity index (χ4v) is 9.34. The molecule has 9 aromatic carbocycles. The molecule has 0 saturated heterocycles. The van der Waals surface area contributed by atoms with Gasteiger partial charge in [-0.15, -0.1) is 0 Å². The number of nitrogens with zero attached hydrogens (tertiary/aromatic N) is 2. The summed E-state index contributed by atoms with van der Waals surface area (Å²) in [5.41, 5.74) is 6.79. The highest BCUT2D eigenvalue weighted by molar-refractivity contribution is 6.77. The van der Waals surface area contributed by atoms with Crippen LogP contribution >= 0.6 is 0 Å². The summed E-state index contributed by atoms with van der Waals surface area (Å²) in [6.07, 6.45) is 2.34. The van der Waals surface area contributed by atoms with Crippen molar-refractivity contribution >= 4 is 99.6 Å². The van der Waals surface area contributed by atoms with Gasteiger partial charge in [-0.25, -0.2) is 0 Å². The molecule has 2 aliphatic rings. The van der Waals surface area contributed by atoms with E-state index in [2.05, 4.69) is 161 Å². The van der Waals surface area contributed by atoms with Gasteiger partial charge in [0.1, 0.15) is 0 Å². The smallest absolute Gasteiger partial charge is 0.184 e. The van der Waals surface area contributed by atoms with Gasteiger partial charge in [0.25, 0.3) is 0 Å². The van der Waals surface area contributed by atoms with Crippen LogP contribution in [0.25, 0.3) is 64.6 Å². The second-order valence-corrected chi connectivity index (χ2v) is 13.9. The van der Waals surface area contributed by atoms with Crippen LogP contribution in [-0.2, 0) is 0 Å². The van der Waals surface area contributed by atoms with E-state index in [1.165, 1.54) is 105 Å². The van der Waals surface area contributed by atoms with Crippen molar-refractivity contribution < 1.29 is 0 Å². The molecule has 0 amide bonds. The molecule has 2 nitrogen and oxygen atoms in total. The van der Waals surface area contributed by atoms with Gasteiger partial charge in [0.05, 0.1) is 0 Å². The average molecular weight is 625 g/mol. The molecule has 0 fully saturated rings. The second kappa shape index (κ2) is 10.4. The van der Waals surface area contributed by atoms with Crippen LogP contribution in [0.4, 0.5) is 22.7 Å². The maximum Gasteiger partial charge on any atom is 0.184 e. The van der Waals surface area contributed by atoms with Crippen molar-refractivity contribution in [3.05, 3.63) is 152 Å². The predicted octanol–water partition coefficient (Wildman–Crippen LogP) is 11.6. The third-order valence-corrected chi connectivity index (χ3v) is 11.5. The first-order valence-corrected chi connectivity index (χ1v) is 17.7. The van der Waals surface area contributed by atoms with E-state index in [9.17, 15) is 0 Å². The first-order valence-electron chi connectivity index (χ1n) is 17.7. The Kier molecular flexibility index (Phi) is 5.74. The summed E-state index contributed by atoms with van der Waals surface area (Å²) in [5, 5.41) is 15.9. The zero-order chi connectivity index (χ0) is 32.1. The van der Waals surface area contributed by atoms with Crippen molar-refractivity contribution in [1.82, 2.24) is 0 Å². The summed E-state index contributed by atoms with van der Waals surface area (Å²) >= 11 is 0. The second-order valence-electron chi connectivity index (χ2n) is 13.9. The Morgan fingerprint density at radius 1 is 0.327 bits per heavy atom. The number of benzene rings is 9.